The van der Waals surface area contributed by atoms with Gasteiger partial charge in [-0.2, -0.15) is 4.31 Å². The molecule has 1 aliphatic heterocycles. The zero-order valence-corrected chi connectivity index (χ0v) is 16.4. The Hall–Kier alpha value is -1.46. The van der Waals surface area contributed by atoms with Gasteiger partial charge in [0, 0.05) is 24.9 Å². The van der Waals surface area contributed by atoms with Crippen LogP contribution in [-0.4, -0.2) is 37.3 Å². The van der Waals surface area contributed by atoms with Gasteiger partial charge in [0.25, 0.3) is 0 Å². The maximum absolute atomic E-state index is 13.1. The molecule has 1 aromatic carbocycles. The summed E-state index contributed by atoms with van der Waals surface area (Å²) in [7, 11) is -3.45. The van der Waals surface area contributed by atoms with Gasteiger partial charge in [0.2, 0.25) is 10.0 Å². The van der Waals surface area contributed by atoms with E-state index in [1.54, 1.807) is 4.31 Å². The standard InChI is InChI=1S/C21H27NO3S/c1-20(2)18-8-11-21(20,19(23)14-18)15-26(24,25)22-12-9-17(10-13-22)16-6-4-3-5-7-16/h3-7,9,18H,8,10-15H2,1-2H3/t18-,21+/m1/s1. The SMILES string of the molecule is CC1(C)[C@@H]2CC[C@]1(CS(=O)(=O)N1CC=C(c3ccccc3)CC1)C(=O)C2. The highest BCUT2D eigenvalue weighted by Gasteiger charge is 2.65. The molecule has 2 fully saturated rings. The van der Waals surface area contributed by atoms with E-state index in [1.165, 1.54) is 5.57 Å². The van der Waals surface area contributed by atoms with Gasteiger partial charge >= 0.3 is 0 Å². The van der Waals surface area contributed by atoms with E-state index in [2.05, 4.69) is 26.0 Å². The third-order valence-corrected chi connectivity index (χ3v) is 9.25. The molecule has 26 heavy (non-hydrogen) atoms. The number of hydrogen-bond acceptors (Lipinski definition) is 3. The predicted molar refractivity (Wildman–Crippen MR) is 103 cm³/mol. The van der Waals surface area contributed by atoms with E-state index in [-0.39, 0.29) is 17.0 Å². The molecular weight excluding hydrogens is 346 g/mol. The van der Waals surface area contributed by atoms with Crippen molar-refractivity contribution < 1.29 is 13.2 Å². The third kappa shape index (κ3) is 2.59. The lowest BCUT2D eigenvalue weighted by Crippen LogP contribution is -2.47. The number of carbonyl (C=O) groups excluding carboxylic acids is 1. The average molecular weight is 374 g/mol. The van der Waals surface area contributed by atoms with Crippen LogP contribution in [0.1, 0.15) is 45.1 Å². The normalized spacial score (nSPS) is 31.2. The van der Waals surface area contributed by atoms with Gasteiger partial charge in [0.1, 0.15) is 5.78 Å². The van der Waals surface area contributed by atoms with Gasteiger partial charge < -0.3 is 0 Å². The summed E-state index contributed by atoms with van der Waals surface area (Å²) in [5.74, 6) is 0.493. The lowest BCUT2D eigenvalue weighted by Gasteiger charge is -2.38. The Kier molecular flexibility index (Phi) is 4.16. The number of fused-ring (bicyclic) bond motifs is 2. The lowest BCUT2D eigenvalue weighted by molar-refractivity contribution is -0.128. The van der Waals surface area contributed by atoms with E-state index in [9.17, 15) is 13.2 Å². The van der Waals surface area contributed by atoms with Crippen molar-refractivity contribution in [1.29, 1.82) is 0 Å². The molecule has 0 amide bonds. The topological polar surface area (TPSA) is 54.5 Å². The summed E-state index contributed by atoms with van der Waals surface area (Å²) >= 11 is 0. The number of Topliss-reactive ketones (excluding diaryl/α,β-unsaturated/α-hetero) is 1. The average Bonchev–Trinajstić information content (AvgIpc) is 2.96. The van der Waals surface area contributed by atoms with Crippen LogP contribution in [0.5, 0.6) is 0 Å². The molecule has 0 unspecified atom stereocenters. The maximum Gasteiger partial charge on any atom is 0.215 e. The minimum absolute atomic E-state index is 0.0170. The Morgan fingerprint density at radius 2 is 1.92 bits per heavy atom. The van der Waals surface area contributed by atoms with Gasteiger partial charge in [0.15, 0.2) is 0 Å². The molecule has 5 heteroatoms. The summed E-state index contributed by atoms with van der Waals surface area (Å²) in [5, 5.41) is 0. The highest BCUT2D eigenvalue weighted by Crippen LogP contribution is 2.64. The minimum atomic E-state index is -3.45. The molecule has 140 valence electrons. The van der Waals surface area contributed by atoms with Gasteiger partial charge in [0.05, 0.1) is 5.75 Å². The Balaban J connectivity index is 1.54. The molecule has 0 N–H and O–H groups in total. The zero-order chi connectivity index (χ0) is 18.6. The summed E-state index contributed by atoms with van der Waals surface area (Å²) in [6.45, 7) is 5.08. The fourth-order valence-electron chi connectivity index (χ4n) is 5.33. The molecule has 4 rings (SSSR count). The van der Waals surface area contributed by atoms with Crippen LogP contribution in [0.3, 0.4) is 0 Å². The minimum Gasteiger partial charge on any atom is -0.299 e. The number of ketones is 1. The molecule has 2 aliphatic carbocycles. The second-order valence-corrected chi connectivity index (χ2v) is 10.6. The highest BCUT2D eigenvalue weighted by atomic mass is 32.2. The number of carbonyl (C=O) groups is 1. The second kappa shape index (κ2) is 6.03. The summed E-state index contributed by atoms with van der Waals surface area (Å²) in [6.07, 6.45) is 5.00. The van der Waals surface area contributed by atoms with Crippen molar-refractivity contribution in [2.45, 2.75) is 39.5 Å². The van der Waals surface area contributed by atoms with Crippen LogP contribution in [0.15, 0.2) is 36.4 Å². The molecular formula is C21H27NO3S. The zero-order valence-electron chi connectivity index (χ0n) is 15.6. The van der Waals surface area contributed by atoms with Crippen LogP contribution in [-0.2, 0) is 14.8 Å². The van der Waals surface area contributed by atoms with Crippen LogP contribution in [0.4, 0.5) is 0 Å². The highest BCUT2D eigenvalue weighted by molar-refractivity contribution is 7.89. The molecule has 0 radical (unpaired) electrons. The Morgan fingerprint density at radius 1 is 1.19 bits per heavy atom. The molecule has 2 bridgehead atoms. The van der Waals surface area contributed by atoms with Crippen molar-refractivity contribution in [1.82, 2.24) is 4.31 Å². The van der Waals surface area contributed by atoms with Crippen molar-refractivity contribution >= 4 is 21.4 Å². The third-order valence-electron chi connectivity index (χ3n) is 7.28. The molecule has 2 atom stereocenters. The molecule has 2 saturated carbocycles. The van der Waals surface area contributed by atoms with Crippen LogP contribution in [0, 0.1) is 16.7 Å². The molecule has 4 nitrogen and oxygen atoms in total. The molecule has 0 spiro atoms. The van der Waals surface area contributed by atoms with E-state index < -0.39 is 15.4 Å². The summed E-state index contributed by atoms with van der Waals surface area (Å²) in [6, 6.07) is 10.1. The number of hydrogen-bond donors (Lipinski definition) is 0. The van der Waals surface area contributed by atoms with E-state index >= 15 is 0 Å². The monoisotopic (exact) mass is 373 g/mol. The first kappa shape index (κ1) is 17.9. The fraction of sp³-hybridized carbons (Fsp3) is 0.571. The smallest absolute Gasteiger partial charge is 0.215 e. The largest absolute Gasteiger partial charge is 0.299 e. The molecule has 0 saturated heterocycles. The first-order chi connectivity index (χ1) is 12.3. The number of sulfonamides is 1. The first-order valence-corrected chi connectivity index (χ1v) is 11.1. The summed E-state index contributed by atoms with van der Waals surface area (Å²) in [5.41, 5.74) is 1.47. The van der Waals surface area contributed by atoms with E-state index in [1.807, 2.05) is 24.3 Å². The van der Waals surface area contributed by atoms with Gasteiger partial charge in [-0.1, -0.05) is 50.3 Å². The van der Waals surface area contributed by atoms with Crippen LogP contribution in [0.2, 0.25) is 0 Å². The van der Waals surface area contributed by atoms with E-state index in [4.69, 9.17) is 0 Å². The molecule has 0 aromatic heterocycles. The molecule has 1 heterocycles. The van der Waals surface area contributed by atoms with Crippen LogP contribution in [0.25, 0.3) is 5.57 Å². The van der Waals surface area contributed by atoms with Crippen molar-refractivity contribution in [3.63, 3.8) is 0 Å². The maximum atomic E-state index is 13.1. The fourth-order valence-corrected chi connectivity index (χ4v) is 7.48. The van der Waals surface area contributed by atoms with Gasteiger partial charge in [-0.3, -0.25) is 4.79 Å². The predicted octanol–water partition coefficient (Wildman–Crippen LogP) is 3.50. The van der Waals surface area contributed by atoms with Crippen molar-refractivity contribution in [3.8, 4) is 0 Å². The van der Waals surface area contributed by atoms with Crippen LogP contribution < -0.4 is 0 Å². The Morgan fingerprint density at radius 3 is 2.46 bits per heavy atom. The molecule has 3 aliphatic rings. The Labute approximate surface area is 156 Å². The number of benzene rings is 1. The second-order valence-electron chi connectivity index (χ2n) is 8.63. The van der Waals surface area contributed by atoms with Gasteiger partial charge in [-0.05, 0) is 41.7 Å². The summed E-state index contributed by atoms with van der Waals surface area (Å²) < 4.78 is 27.9. The van der Waals surface area contributed by atoms with E-state index in [0.717, 1.165) is 24.8 Å². The Bertz CT molecular complexity index is 857. The van der Waals surface area contributed by atoms with Crippen molar-refractivity contribution in [3.05, 3.63) is 42.0 Å². The first-order valence-electron chi connectivity index (χ1n) is 9.52. The number of rotatable bonds is 4. The van der Waals surface area contributed by atoms with Gasteiger partial charge in [-0.25, -0.2) is 8.42 Å². The van der Waals surface area contributed by atoms with E-state index in [0.29, 0.717) is 25.4 Å². The molecule has 1 aromatic rings. The lowest BCUT2D eigenvalue weighted by atomic mass is 9.70. The summed E-state index contributed by atoms with van der Waals surface area (Å²) in [4.78, 5) is 12.7. The van der Waals surface area contributed by atoms with Gasteiger partial charge in [-0.15, -0.1) is 0 Å². The quantitative estimate of drug-likeness (QED) is 0.812. The van der Waals surface area contributed by atoms with Crippen LogP contribution >= 0.6 is 0 Å². The number of nitrogens with zero attached hydrogens (tertiary/aromatic N) is 1. The van der Waals surface area contributed by atoms with Crippen molar-refractivity contribution in [2.75, 3.05) is 18.8 Å². The van der Waals surface area contributed by atoms with Crippen molar-refractivity contribution in [2.24, 2.45) is 16.7 Å².